The Labute approximate surface area is 89.7 Å². The number of ether oxygens (including phenoxy) is 1. The third-order valence-electron chi connectivity index (χ3n) is 2.09. The standard InChI is InChI=1S/C11H17FN2O/c1-3-6-13-10(8-15-2)11-9(12)5-4-7-14-11/h4-5,7,10,13H,3,6,8H2,1-2H3. The number of rotatable bonds is 6. The fourth-order valence-corrected chi connectivity index (χ4v) is 1.37. The van der Waals surface area contributed by atoms with Gasteiger partial charge in [-0.05, 0) is 25.1 Å². The highest BCUT2D eigenvalue weighted by molar-refractivity contribution is 5.11. The molecule has 1 unspecified atom stereocenters. The third kappa shape index (κ3) is 3.57. The maximum Gasteiger partial charge on any atom is 0.146 e. The second-order valence-corrected chi connectivity index (χ2v) is 3.33. The summed E-state index contributed by atoms with van der Waals surface area (Å²) in [5.41, 5.74) is 0.424. The van der Waals surface area contributed by atoms with Crippen molar-refractivity contribution in [3.63, 3.8) is 0 Å². The van der Waals surface area contributed by atoms with Crippen molar-refractivity contribution >= 4 is 0 Å². The summed E-state index contributed by atoms with van der Waals surface area (Å²) < 4.78 is 18.5. The molecule has 0 aromatic carbocycles. The number of hydrogen-bond donors (Lipinski definition) is 1. The lowest BCUT2D eigenvalue weighted by atomic mass is 10.2. The molecule has 0 saturated carbocycles. The van der Waals surface area contributed by atoms with Gasteiger partial charge >= 0.3 is 0 Å². The summed E-state index contributed by atoms with van der Waals surface area (Å²) in [7, 11) is 1.60. The van der Waals surface area contributed by atoms with E-state index in [9.17, 15) is 4.39 Å². The van der Waals surface area contributed by atoms with Gasteiger partial charge in [-0.1, -0.05) is 6.92 Å². The topological polar surface area (TPSA) is 34.1 Å². The van der Waals surface area contributed by atoms with E-state index >= 15 is 0 Å². The van der Waals surface area contributed by atoms with Crippen molar-refractivity contribution < 1.29 is 9.13 Å². The van der Waals surface area contributed by atoms with Gasteiger partial charge in [-0.2, -0.15) is 0 Å². The lowest BCUT2D eigenvalue weighted by Crippen LogP contribution is -2.27. The van der Waals surface area contributed by atoms with Crippen molar-refractivity contribution in [3.8, 4) is 0 Å². The summed E-state index contributed by atoms with van der Waals surface area (Å²) in [5, 5.41) is 3.20. The van der Waals surface area contributed by atoms with Crippen LogP contribution in [0.3, 0.4) is 0 Å². The molecular weight excluding hydrogens is 195 g/mol. The van der Waals surface area contributed by atoms with Gasteiger partial charge in [-0.25, -0.2) is 4.39 Å². The van der Waals surface area contributed by atoms with Crippen LogP contribution in [-0.2, 0) is 4.74 Å². The summed E-state index contributed by atoms with van der Waals surface area (Å²) in [4.78, 5) is 4.03. The van der Waals surface area contributed by atoms with Gasteiger partial charge in [0.05, 0.1) is 18.3 Å². The second-order valence-electron chi connectivity index (χ2n) is 3.33. The average molecular weight is 212 g/mol. The summed E-state index contributed by atoms with van der Waals surface area (Å²) in [5.74, 6) is -0.289. The van der Waals surface area contributed by atoms with Crippen molar-refractivity contribution in [2.75, 3.05) is 20.3 Å². The minimum atomic E-state index is -0.289. The van der Waals surface area contributed by atoms with Crippen LogP contribution in [0.1, 0.15) is 25.1 Å². The molecule has 0 saturated heterocycles. The van der Waals surface area contributed by atoms with E-state index < -0.39 is 0 Å². The van der Waals surface area contributed by atoms with Crippen LogP contribution in [0.5, 0.6) is 0 Å². The Morgan fingerprint density at radius 3 is 3.00 bits per heavy atom. The van der Waals surface area contributed by atoms with Crippen molar-refractivity contribution in [2.45, 2.75) is 19.4 Å². The van der Waals surface area contributed by atoms with Crippen LogP contribution in [0.25, 0.3) is 0 Å². The zero-order chi connectivity index (χ0) is 11.1. The van der Waals surface area contributed by atoms with Crippen LogP contribution in [0, 0.1) is 5.82 Å². The zero-order valence-electron chi connectivity index (χ0n) is 9.16. The first-order valence-corrected chi connectivity index (χ1v) is 5.12. The quantitative estimate of drug-likeness (QED) is 0.782. The summed E-state index contributed by atoms with van der Waals surface area (Å²) in [6.45, 7) is 3.31. The molecule has 0 fully saturated rings. The highest BCUT2D eigenvalue weighted by Crippen LogP contribution is 2.13. The van der Waals surface area contributed by atoms with E-state index in [0.717, 1.165) is 13.0 Å². The van der Waals surface area contributed by atoms with E-state index in [1.165, 1.54) is 6.07 Å². The molecule has 1 rings (SSSR count). The Hall–Kier alpha value is -1.00. The highest BCUT2D eigenvalue weighted by atomic mass is 19.1. The maximum atomic E-state index is 13.4. The molecule has 1 heterocycles. The summed E-state index contributed by atoms with van der Waals surface area (Å²) in [6.07, 6.45) is 2.59. The van der Waals surface area contributed by atoms with Gasteiger partial charge in [-0.15, -0.1) is 0 Å². The Bertz CT molecular complexity index is 294. The van der Waals surface area contributed by atoms with Crippen LogP contribution < -0.4 is 5.32 Å². The van der Waals surface area contributed by atoms with Gasteiger partial charge in [0.25, 0.3) is 0 Å². The minimum Gasteiger partial charge on any atom is -0.383 e. The Morgan fingerprint density at radius 2 is 2.40 bits per heavy atom. The van der Waals surface area contributed by atoms with E-state index in [2.05, 4.69) is 17.2 Å². The molecule has 0 amide bonds. The SMILES string of the molecule is CCCNC(COC)c1ncccc1F. The smallest absolute Gasteiger partial charge is 0.146 e. The Kier molecular flexibility index (Phi) is 5.21. The molecule has 1 aromatic heterocycles. The number of methoxy groups -OCH3 is 1. The van der Waals surface area contributed by atoms with Crippen LogP contribution in [0.4, 0.5) is 4.39 Å². The van der Waals surface area contributed by atoms with Crippen molar-refractivity contribution in [2.24, 2.45) is 0 Å². The molecule has 1 N–H and O–H groups in total. The monoisotopic (exact) mass is 212 g/mol. The number of nitrogens with zero attached hydrogens (tertiary/aromatic N) is 1. The molecule has 0 radical (unpaired) electrons. The zero-order valence-corrected chi connectivity index (χ0v) is 9.16. The number of pyridine rings is 1. The van der Waals surface area contributed by atoms with Gasteiger partial charge in [0.2, 0.25) is 0 Å². The molecule has 1 atom stereocenters. The molecule has 0 aliphatic rings. The largest absolute Gasteiger partial charge is 0.383 e. The summed E-state index contributed by atoms with van der Waals surface area (Å²) in [6, 6.07) is 2.83. The Balaban J connectivity index is 2.74. The molecule has 1 aromatic rings. The van der Waals surface area contributed by atoms with Gasteiger partial charge in [0.1, 0.15) is 5.82 Å². The van der Waals surface area contributed by atoms with Crippen molar-refractivity contribution in [3.05, 3.63) is 29.8 Å². The minimum absolute atomic E-state index is 0.170. The summed E-state index contributed by atoms with van der Waals surface area (Å²) >= 11 is 0. The van der Waals surface area contributed by atoms with Crippen molar-refractivity contribution in [1.29, 1.82) is 0 Å². The molecule has 0 spiro atoms. The Morgan fingerprint density at radius 1 is 1.60 bits per heavy atom. The molecule has 4 heteroatoms. The molecule has 0 bridgehead atoms. The van der Waals surface area contributed by atoms with Crippen LogP contribution >= 0.6 is 0 Å². The normalized spacial score (nSPS) is 12.7. The average Bonchev–Trinajstić information content (AvgIpc) is 2.25. The fourth-order valence-electron chi connectivity index (χ4n) is 1.37. The lowest BCUT2D eigenvalue weighted by Gasteiger charge is -2.17. The second kappa shape index (κ2) is 6.48. The molecule has 15 heavy (non-hydrogen) atoms. The van der Waals surface area contributed by atoms with Crippen molar-refractivity contribution in [1.82, 2.24) is 10.3 Å². The molecular formula is C11H17FN2O. The molecule has 0 aliphatic heterocycles. The van der Waals surface area contributed by atoms with E-state index in [0.29, 0.717) is 12.3 Å². The predicted molar refractivity (Wildman–Crippen MR) is 57.1 cm³/mol. The first-order chi connectivity index (χ1) is 7.29. The maximum absolute atomic E-state index is 13.4. The molecule has 3 nitrogen and oxygen atoms in total. The van der Waals surface area contributed by atoms with E-state index in [1.54, 1.807) is 19.4 Å². The van der Waals surface area contributed by atoms with E-state index in [4.69, 9.17) is 4.74 Å². The predicted octanol–water partition coefficient (Wildman–Crippen LogP) is 1.91. The van der Waals surface area contributed by atoms with Crippen LogP contribution in [0.2, 0.25) is 0 Å². The number of hydrogen-bond acceptors (Lipinski definition) is 3. The van der Waals surface area contributed by atoms with Crippen LogP contribution in [-0.4, -0.2) is 25.2 Å². The number of aromatic nitrogens is 1. The number of halogens is 1. The van der Waals surface area contributed by atoms with Gasteiger partial charge in [0, 0.05) is 13.3 Å². The first kappa shape index (κ1) is 12.1. The lowest BCUT2D eigenvalue weighted by molar-refractivity contribution is 0.163. The van der Waals surface area contributed by atoms with Gasteiger partial charge in [0.15, 0.2) is 0 Å². The molecule has 0 aliphatic carbocycles. The third-order valence-corrected chi connectivity index (χ3v) is 2.09. The number of nitrogens with one attached hydrogen (secondary N) is 1. The highest BCUT2D eigenvalue weighted by Gasteiger charge is 2.15. The fraction of sp³-hybridized carbons (Fsp3) is 0.545. The van der Waals surface area contributed by atoms with E-state index in [1.807, 2.05) is 0 Å². The molecule has 84 valence electrons. The first-order valence-electron chi connectivity index (χ1n) is 5.12. The van der Waals surface area contributed by atoms with Crippen LogP contribution in [0.15, 0.2) is 18.3 Å². The van der Waals surface area contributed by atoms with Gasteiger partial charge in [-0.3, -0.25) is 4.98 Å². The van der Waals surface area contributed by atoms with Gasteiger partial charge < -0.3 is 10.1 Å². The van der Waals surface area contributed by atoms with E-state index in [-0.39, 0.29) is 11.9 Å².